The van der Waals surface area contributed by atoms with Gasteiger partial charge in [-0.15, -0.1) is 10.2 Å². The number of carbonyl (C=O) groups is 2. The molecule has 0 saturated heterocycles. The molecule has 0 fully saturated rings. The number of nitrogen functional groups attached to an aromatic ring is 1. The van der Waals surface area contributed by atoms with Crippen molar-refractivity contribution in [3.8, 4) is 11.4 Å². The van der Waals surface area contributed by atoms with Crippen molar-refractivity contribution in [2.24, 2.45) is 0 Å². The van der Waals surface area contributed by atoms with E-state index in [0.29, 0.717) is 16.7 Å². The van der Waals surface area contributed by atoms with Crippen molar-refractivity contribution in [2.75, 3.05) is 24.0 Å². The molecule has 0 bridgehead atoms. The zero-order valence-corrected chi connectivity index (χ0v) is 18.7. The lowest BCUT2D eigenvalue weighted by molar-refractivity contribution is -0.113. The van der Waals surface area contributed by atoms with Crippen LogP contribution in [0, 0.1) is 0 Å². The molecular weight excluding hydrogens is 414 g/mol. The fraction of sp³-hybridized carbons (Fsp3) is 0.273. The fourth-order valence-corrected chi connectivity index (χ4v) is 3.54. The summed E-state index contributed by atoms with van der Waals surface area (Å²) in [4.78, 5) is 24.2. The molecule has 0 atom stereocenters. The third kappa shape index (κ3) is 5.24. The lowest BCUT2D eigenvalue weighted by atomic mass is 9.87. The van der Waals surface area contributed by atoms with E-state index >= 15 is 0 Å². The van der Waals surface area contributed by atoms with Gasteiger partial charge < -0.3 is 15.9 Å². The van der Waals surface area contributed by atoms with Crippen LogP contribution in [0.25, 0.3) is 11.4 Å². The van der Waals surface area contributed by atoms with E-state index in [1.807, 2.05) is 24.3 Å². The summed E-state index contributed by atoms with van der Waals surface area (Å²) >= 11 is 1.15. The first-order valence-corrected chi connectivity index (χ1v) is 10.6. The van der Waals surface area contributed by atoms with Crippen LogP contribution in [-0.2, 0) is 14.9 Å². The number of ether oxygens (including phenoxy) is 1. The molecule has 0 aliphatic rings. The summed E-state index contributed by atoms with van der Waals surface area (Å²) in [7, 11) is 1.29. The van der Waals surface area contributed by atoms with E-state index in [-0.39, 0.29) is 22.6 Å². The maximum atomic E-state index is 12.4. The van der Waals surface area contributed by atoms with Gasteiger partial charge in [-0.3, -0.25) is 4.79 Å². The summed E-state index contributed by atoms with van der Waals surface area (Å²) in [5.41, 5.74) is 2.76. The molecule has 3 N–H and O–H groups in total. The third-order valence-electron chi connectivity index (χ3n) is 4.61. The maximum absolute atomic E-state index is 12.4. The van der Waals surface area contributed by atoms with E-state index in [0.717, 1.165) is 17.3 Å². The number of rotatable bonds is 6. The molecule has 31 heavy (non-hydrogen) atoms. The molecule has 0 radical (unpaired) electrons. The molecule has 1 aromatic heterocycles. The standard InChI is InChI=1S/C22H25N5O3S/c1-22(2,3)15-11-9-14(10-12-15)19-25-26-21(27(19)23)31-13-18(28)24-17-8-6-5-7-16(17)20(29)30-4/h5-12H,13,23H2,1-4H3,(H,24,28). The van der Waals surface area contributed by atoms with Crippen molar-refractivity contribution in [1.29, 1.82) is 0 Å². The van der Waals surface area contributed by atoms with Gasteiger partial charge in [0.1, 0.15) is 0 Å². The van der Waals surface area contributed by atoms with Crippen LogP contribution in [0.3, 0.4) is 0 Å². The van der Waals surface area contributed by atoms with Gasteiger partial charge in [0.15, 0.2) is 5.82 Å². The number of benzene rings is 2. The van der Waals surface area contributed by atoms with Crippen molar-refractivity contribution < 1.29 is 14.3 Å². The molecule has 3 aromatic rings. The number of carbonyl (C=O) groups excluding carboxylic acids is 2. The summed E-state index contributed by atoms with van der Waals surface area (Å²) in [5.74, 6) is 5.89. The number of nitrogens with two attached hydrogens (primary N) is 1. The molecule has 8 nitrogen and oxygen atoms in total. The van der Waals surface area contributed by atoms with E-state index in [2.05, 4.69) is 36.3 Å². The predicted molar refractivity (Wildman–Crippen MR) is 121 cm³/mol. The lowest BCUT2D eigenvalue weighted by Crippen LogP contribution is -2.18. The van der Waals surface area contributed by atoms with E-state index in [4.69, 9.17) is 10.6 Å². The Bertz CT molecular complexity index is 1090. The minimum atomic E-state index is -0.521. The molecule has 0 aliphatic carbocycles. The summed E-state index contributed by atoms with van der Waals surface area (Å²) in [5, 5.41) is 11.4. The van der Waals surface area contributed by atoms with Gasteiger partial charge in [0.05, 0.1) is 24.1 Å². The second kappa shape index (κ2) is 9.22. The monoisotopic (exact) mass is 439 g/mol. The number of hydrogen-bond donors (Lipinski definition) is 2. The van der Waals surface area contributed by atoms with E-state index in [9.17, 15) is 9.59 Å². The van der Waals surface area contributed by atoms with Crippen LogP contribution in [0.5, 0.6) is 0 Å². The van der Waals surface area contributed by atoms with Gasteiger partial charge in [-0.05, 0) is 23.1 Å². The first-order valence-electron chi connectivity index (χ1n) is 9.62. The third-order valence-corrected chi connectivity index (χ3v) is 5.56. The molecule has 9 heteroatoms. The van der Waals surface area contributed by atoms with Crippen molar-refractivity contribution >= 4 is 29.3 Å². The highest BCUT2D eigenvalue weighted by atomic mass is 32.2. The Hall–Kier alpha value is -3.33. The number of nitrogens with zero attached hydrogens (tertiary/aromatic N) is 3. The Morgan fingerprint density at radius 3 is 2.42 bits per heavy atom. The first kappa shape index (κ1) is 22.4. The zero-order chi connectivity index (χ0) is 22.6. The van der Waals surface area contributed by atoms with Gasteiger partial charge in [-0.2, -0.15) is 0 Å². The summed E-state index contributed by atoms with van der Waals surface area (Å²) in [6, 6.07) is 14.7. The molecule has 0 saturated carbocycles. The average Bonchev–Trinajstić information content (AvgIpc) is 3.12. The SMILES string of the molecule is COC(=O)c1ccccc1NC(=O)CSc1nnc(-c2ccc(C(C)(C)C)cc2)n1N. The Kier molecular flexibility index (Phi) is 6.65. The lowest BCUT2D eigenvalue weighted by Gasteiger charge is -2.19. The Morgan fingerprint density at radius 2 is 1.77 bits per heavy atom. The normalized spacial score (nSPS) is 11.2. The van der Waals surface area contributed by atoms with Gasteiger partial charge >= 0.3 is 5.97 Å². The van der Waals surface area contributed by atoms with Crippen LogP contribution >= 0.6 is 11.8 Å². The maximum Gasteiger partial charge on any atom is 0.339 e. The summed E-state index contributed by atoms with van der Waals surface area (Å²) in [6.45, 7) is 6.45. The minimum Gasteiger partial charge on any atom is -0.465 e. The number of amides is 1. The number of thioether (sulfide) groups is 1. The molecule has 1 heterocycles. The Labute approximate surface area is 185 Å². The highest BCUT2D eigenvalue weighted by molar-refractivity contribution is 7.99. The number of nitrogens with one attached hydrogen (secondary N) is 1. The molecule has 3 rings (SSSR count). The summed E-state index contributed by atoms with van der Waals surface area (Å²) in [6.07, 6.45) is 0. The molecule has 0 spiro atoms. The van der Waals surface area contributed by atoms with Gasteiger partial charge in [0.2, 0.25) is 11.1 Å². The Morgan fingerprint density at radius 1 is 1.10 bits per heavy atom. The number of methoxy groups -OCH3 is 1. The first-order chi connectivity index (χ1) is 14.7. The molecule has 162 valence electrons. The average molecular weight is 440 g/mol. The molecular formula is C22H25N5O3S. The van der Waals surface area contributed by atoms with Crippen molar-refractivity contribution in [3.63, 3.8) is 0 Å². The molecule has 0 aliphatic heterocycles. The number of esters is 1. The van der Waals surface area contributed by atoms with Crippen LogP contribution < -0.4 is 11.2 Å². The Balaban J connectivity index is 1.67. The van der Waals surface area contributed by atoms with E-state index in [1.54, 1.807) is 24.3 Å². The highest BCUT2D eigenvalue weighted by Gasteiger charge is 2.18. The van der Waals surface area contributed by atoms with Crippen molar-refractivity contribution in [3.05, 3.63) is 59.7 Å². The fourth-order valence-electron chi connectivity index (χ4n) is 2.89. The number of para-hydroxylation sites is 1. The second-order valence-corrected chi connectivity index (χ2v) is 8.82. The van der Waals surface area contributed by atoms with Crippen molar-refractivity contribution in [2.45, 2.75) is 31.3 Å². The van der Waals surface area contributed by atoms with E-state index < -0.39 is 5.97 Å². The van der Waals surface area contributed by atoms with Gasteiger partial charge in [0, 0.05) is 5.56 Å². The van der Waals surface area contributed by atoms with Crippen molar-refractivity contribution in [1.82, 2.24) is 14.9 Å². The zero-order valence-electron chi connectivity index (χ0n) is 17.9. The van der Waals surface area contributed by atoms with Gasteiger partial charge in [0.25, 0.3) is 0 Å². The minimum absolute atomic E-state index is 0.0494. The second-order valence-electron chi connectivity index (χ2n) is 7.88. The number of anilines is 1. The van der Waals surface area contributed by atoms with Crippen LogP contribution in [0.1, 0.15) is 36.7 Å². The molecule has 2 aromatic carbocycles. The summed E-state index contributed by atoms with van der Waals surface area (Å²) < 4.78 is 6.11. The quantitative estimate of drug-likeness (QED) is 0.343. The van der Waals surface area contributed by atoms with Gasteiger partial charge in [-0.25, -0.2) is 9.47 Å². The van der Waals surface area contributed by atoms with Crippen LogP contribution in [0.2, 0.25) is 0 Å². The van der Waals surface area contributed by atoms with Crippen LogP contribution in [0.4, 0.5) is 5.69 Å². The molecule has 0 unspecified atom stereocenters. The molecule has 1 amide bonds. The van der Waals surface area contributed by atoms with Crippen LogP contribution in [-0.4, -0.2) is 39.6 Å². The largest absolute Gasteiger partial charge is 0.465 e. The van der Waals surface area contributed by atoms with Gasteiger partial charge in [-0.1, -0.05) is 68.9 Å². The number of aromatic nitrogens is 3. The van der Waals surface area contributed by atoms with Crippen LogP contribution in [0.15, 0.2) is 53.7 Å². The van der Waals surface area contributed by atoms with E-state index in [1.165, 1.54) is 17.3 Å². The highest BCUT2D eigenvalue weighted by Crippen LogP contribution is 2.26. The predicted octanol–water partition coefficient (Wildman–Crippen LogP) is 3.47. The smallest absolute Gasteiger partial charge is 0.339 e. The topological polar surface area (TPSA) is 112 Å². The number of hydrogen-bond acceptors (Lipinski definition) is 7.